The lowest BCUT2D eigenvalue weighted by molar-refractivity contribution is -0.130. The highest BCUT2D eigenvalue weighted by Crippen LogP contribution is 2.40. The Labute approximate surface area is 178 Å². The number of methoxy groups -OCH3 is 1. The van der Waals surface area contributed by atoms with Crippen molar-refractivity contribution in [2.75, 3.05) is 7.11 Å². The number of ketones is 1. The summed E-state index contributed by atoms with van der Waals surface area (Å²) in [5.41, 5.74) is 1.67. The molecule has 0 spiro atoms. The van der Waals surface area contributed by atoms with E-state index in [1.165, 1.54) is 24.3 Å². The predicted octanol–water partition coefficient (Wildman–Crippen LogP) is 3.84. The van der Waals surface area contributed by atoms with Gasteiger partial charge in [-0.05, 0) is 35.4 Å². The Morgan fingerprint density at radius 2 is 1.74 bits per heavy atom. The molecule has 1 N–H and O–H groups in total. The van der Waals surface area contributed by atoms with Gasteiger partial charge in [0.2, 0.25) is 5.78 Å². The first-order chi connectivity index (χ1) is 15.0. The SMILES string of the molecule is COC(=O)c1ccc(C2C(C(=O)c3ccco3)=C(O)C(=O)N2Cc2ccccc2)cc1. The zero-order valence-electron chi connectivity index (χ0n) is 16.6. The number of aliphatic hydroxyl groups excluding tert-OH is 1. The molecule has 1 unspecified atom stereocenters. The average molecular weight is 417 g/mol. The van der Waals surface area contributed by atoms with Crippen molar-refractivity contribution < 1.29 is 28.6 Å². The van der Waals surface area contributed by atoms with E-state index in [1.807, 2.05) is 30.3 Å². The quantitative estimate of drug-likeness (QED) is 0.483. The maximum Gasteiger partial charge on any atom is 0.337 e. The van der Waals surface area contributed by atoms with Gasteiger partial charge in [0.15, 0.2) is 11.5 Å². The summed E-state index contributed by atoms with van der Waals surface area (Å²) in [7, 11) is 1.29. The van der Waals surface area contributed by atoms with Gasteiger partial charge in [0, 0.05) is 6.54 Å². The largest absolute Gasteiger partial charge is 0.503 e. The third kappa shape index (κ3) is 3.73. The molecular formula is C24H19NO6. The first-order valence-corrected chi connectivity index (χ1v) is 9.55. The number of hydrogen-bond acceptors (Lipinski definition) is 6. The van der Waals surface area contributed by atoms with Gasteiger partial charge in [-0.15, -0.1) is 0 Å². The predicted molar refractivity (Wildman–Crippen MR) is 110 cm³/mol. The molecule has 0 saturated carbocycles. The van der Waals surface area contributed by atoms with E-state index in [9.17, 15) is 19.5 Å². The first kappa shape index (κ1) is 20.2. The third-order valence-corrected chi connectivity index (χ3v) is 5.14. The smallest absolute Gasteiger partial charge is 0.337 e. The topological polar surface area (TPSA) is 97.0 Å². The van der Waals surface area contributed by atoms with Crippen molar-refractivity contribution in [3.05, 3.63) is 107 Å². The normalized spacial score (nSPS) is 16.0. The van der Waals surface area contributed by atoms with Crippen molar-refractivity contribution in [1.29, 1.82) is 0 Å². The van der Waals surface area contributed by atoms with Gasteiger partial charge in [-0.3, -0.25) is 9.59 Å². The van der Waals surface area contributed by atoms with Crippen molar-refractivity contribution in [1.82, 2.24) is 4.90 Å². The second kappa shape index (κ2) is 8.31. The minimum atomic E-state index is -0.850. The number of rotatable bonds is 6. The van der Waals surface area contributed by atoms with Crippen molar-refractivity contribution >= 4 is 17.7 Å². The summed E-state index contributed by atoms with van der Waals surface area (Å²) in [6.07, 6.45) is 1.35. The van der Waals surface area contributed by atoms with Gasteiger partial charge in [-0.1, -0.05) is 42.5 Å². The zero-order valence-corrected chi connectivity index (χ0v) is 16.6. The molecule has 4 rings (SSSR count). The van der Waals surface area contributed by atoms with Crippen molar-refractivity contribution in [2.45, 2.75) is 12.6 Å². The fourth-order valence-corrected chi connectivity index (χ4v) is 3.64. The molecule has 0 aliphatic carbocycles. The lowest BCUT2D eigenvalue weighted by Crippen LogP contribution is -2.30. The van der Waals surface area contributed by atoms with E-state index in [0.717, 1.165) is 5.56 Å². The third-order valence-electron chi connectivity index (χ3n) is 5.14. The Kier molecular flexibility index (Phi) is 5.41. The summed E-state index contributed by atoms with van der Waals surface area (Å²) in [5, 5.41) is 10.6. The van der Waals surface area contributed by atoms with E-state index in [-0.39, 0.29) is 17.9 Å². The number of nitrogens with zero attached hydrogens (tertiary/aromatic N) is 1. The van der Waals surface area contributed by atoms with E-state index < -0.39 is 29.5 Å². The summed E-state index contributed by atoms with van der Waals surface area (Å²) in [5.74, 6) is -2.32. The summed E-state index contributed by atoms with van der Waals surface area (Å²) >= 11 is 0. The minimum absolute atomic E-state index is 0.0205. The van der Waals surface area contributed by atoms with Crippen LogP contribution in [0.4, 0.5) is 0 Å². The number of benzene rings is 2. The molecule has 0 saturated heterocycles. The number of Topliss-reactive ketones (excluding diaryl/α,β-unsaturated/α-hetero) is 1. The van der Waals surface area contributed by atoms with Gasteiger partial charge < -0.3 is 19.2 Å². The fraction of sp³-hybridized carbons (Fsp3) is 0.125. The van der Waals surface area contributed by atoms with Gasteiger partial charge in [-0.2, -0.15) is 0 Å². The van der Waals surface area contributed by atoms with Crippen LogP contribution in [-0.2, 0) is 16.1 Å². The summed E-state index contributed by atoms with van der Waals surface area (Å²) < 4.78 is 9.93. The maximum atomic E-state index is 13.1. The van der Waals surface area contributed by atoms with Crippen LogP contribution in [0, 0.1) is 0 Å². The lowest BCUT2D eigenvalue weighted by Gasteiger charge is -2.27. The molecule has 0 fully saturated rings. The van der Waals surface area contributed by atoms with Crippen molar-refractivity contribution in [3.8, 4) is 0 Å². The molecule has 1 amide bonds. The van der Waals surface area contributed by atoms with Crippen LogP contribution in [0.15, 0.2) is 88.7 Å². The summed E-state index contributed by atoms with van der Waals surface area (Å²) in [4.78, 5) is 39.3. The molecule has 31 heavy (non-hydrogen) atoms. The Bertz CT molecular complexity index is 1150. The second-order valence-corrected chi connectivity index (χ2v) is 7.00. The highest BCUT2D eigenvalue weighted by Gasteiger charge is 2.44. The molecule has 7 heteroatoms. The van der Waals surface area contributed by atoms with Gasteiger partial charge >= 0.3 is 5.97 Å². The molecule has 3 aromatic rings. The number of hydrogen-bond donors (Lipinski definition) is 1. The van der Waals surface area contributed by atoms with Gasteiger partial charge in [0.05, 0.1) is 30.6 Å². The van der Waals surface area contributed by atoms with Crippen LogP contribution in [0.2, 0.25) is 0 Å². The number of carbonyl (C=O) groups is 3. The van der Waals surface area contributed by atoms with Crippen LogP contribution in [-0.4, -0.2) is 34.8 Å². The molecule has 1 atom stereocenters. The fourth-order valence-electron chi connectivity index (χ4n) is 3.64. The Hall–Kier alpha value is -4.13. The molecule has 2 heterocycles. The van der Waals surface area contributed by atoms with Gasteiger partial charge in [0.25, 0.3) is 5.91 Å². The van der Waals surface area contributed by atoms with Crippen LogP contribution in [0.5, 0.6) is 0 Å². The molecule has 0 bridgehead atoms. The summed E-state index contributed by atoms with van der Waals surface area (Å²) in [6, 6.07) is 17.8. The molecule has 2 aromatic carbocycles. The highest BCUT2D eigenvalue weighted by atomic mass is 16.5. The Morgan fingerprint density at radius 1 is 1.03 bits per heavy atom. The highest BCUT2D eigenvalue weighted by molar-refractivity contribution is 6.15. The molecule has 1 aromatic heterocycles. The van der Waals surface area contributed by atoms with E-state index in [4.69, 9.17) is 9.15 Å². The molecular weight excluding hydrogens is 398 g/mol. The molecule has 7 nitrogen and oxygen atoms in total. The molecule has 156 valence electrons. The number of aliphatic hydroxyl groups is 1. The maximum absolute atomic E-state index is 13.1. The van der Waals surface area contributed by atoms with Crippen LogP contribution in [0.1, 0.15) is 38.1 Å². The van der Waals surface area contributed by atoms with Crippen LogP contribution < -0.4 is 0 Å². The number of furan rings is 1. The summed E-state index contributed by atoms with van der Waals surface area (Å²) in [6.45, 7) is 0.183. The van der Waals surface area contributed by atoms with E-state index >= 15 is 0 Å². The van der Waals surface area contributed by atoms with Crippen LogP contribution in [0.3, 0.4) is 0 Å². The number of esters is 1. The monoisotopic (exact) mass is 417 g/mol. The molecule has 1 aliphatic rings. The standard InChI is InChI=1S/C24H19NO6/c1-30-24(29)17-11-9-16(10-12-17)20-19(21(26)18-8-5-13-31-18)22(27)23(28)25(20)14-15-6-3-2-4-7-15/h2-13,20,27H,14H2,1H3. The van der Waals surface area contributed by atoms with Gasteiger partial charge in [-0.25, -0.2) is 4.79 Å². The zero-order chi connectivity index (χ0) is 22.0. The van der Waals surface area contributed by atoms with E-state index in [1.54, 1.807) is 30.3 Å². The van der Waals surface area contributed by atoms with Crippen molar-refractivity contribution in [3.63, 3.8) is 0 Å². The number of ether oxygens (including phenoxy) is 1. The van der Waals surface area contributed by atoms with E-state index in [0.29, 0.717) is 11.1 Å². The van der Waals surface area contributed by atoms with Crippen LogP contribution >= 0.6 is 0 Å². The Morgan fingerprint density at radius 3 is 2.35 bits per heavy atom. The van der Waals surface area contributed by atoms with E-state index in [2.05, 4.69) is 0 Å². The number of amides is 1. The number of carbonyl (C=O) groups excluding carboxylic acids is 3. The minimum Gasteiger partial charge on any atom is -0.503 e. The van der Waals surface area contributed by atoms with Crippen molar-refractivity contribution in [2.24, 2.45) is 0 Å². The first-order valence-electron chi connectivity index (χ1n) is 9.55. The van der Waals surface area contributed by atoms with Gasteiger partial charge in [0.1, 0.15) is 0 Å². The lowest BCUT2D eigenvalue weighted by atomic mass is 9.94. The second-order valence-electron chi connectivity index (χ2n) is 7.00. The average Bonchev–Trinajstić information content (AvgIpc) is 3.42. The molecule has 0 radical (unpaired) electrons. The molecule has 1 aliphatic heterocycles. The Balaban J connectivity index is 1.78. The van der Waals surface area contributed by atoms with Crippen LogP contribution in [0.25, 0.3) is 0 Å².